The molecule has 0 bridgehead atoms. The molecule has 2 rings (SSSR count). The van der Waals surface area contributed by atoms with E-state index >= 15 is 0 Å². The van der Waals surface area contributed by atoms with Gasteiger partial charge in [-0.05, 0) is 31.5 Å². The van der Waals surface area contributed by atoms with Crippen LogP contribution in [-0.2, 0) is 13.0 Å². The second-order valence-corrected chi connectivity index (χ2v) is 7.14. The standard InChI is InChI=1S/C16H20Cl2N4S.HI/c1-3-19-16(20-7-6-15-21-9-11(2)23-15)22-10-12-4-5-13(17)8-14(12)18;/h4-5,8-9H,3,6-7,10H2,1-2H3,(H2,19,20,22);1H. The van der Waals surface area contributed by atoms with Crippen LogP contribution >= 0.6 is 58.5 Å². The lowest BCUT2D eigenvalue weighted by Crippen LogP contribution is -2.38. The summed E-state index contributed by atoms with van der Waals surface area (Å²) in [6, 6.07) is 5.46. The van der Waals surface area contributed by atoms with E-state index in [1.165, 1.54) is 4.88 Å². The van der Waals surface area contributed by atoms with E-state index in [0.29, 0.717) is 16.6 Å². The van der Waals surface area contributed by atoms with Gasteiger partial charge >= 0.3 is 0 Å². The first-order chi connectivity index (χ1) is 11.1. The lowest BCUT2D eigenvalue weighted by atomic mass is 10.2. The van der Waals surface area contributed by atoms with Crippen molar-refractivity contribution in [1.29, 1.82) is 0 Å². The molecule has 0 saturated carbocycles. The van der Waals surface area contributed by atoms with Crippen molar-refractivity contribution in [2.75, 3.05) is 13.1 Å². The fraction of sp³-hybridized carbons (Fsp3) is 0.375. The Kier molecular flexibility index (Phi) is 9.95. The van der Waals surface area contributed by atoms with E-state index in [0.717, 1.165) is 36.0 Å². The summed E-state index contributed by atoms with van der Waals surface area (Å²) < 4.78 is 0. The van der Waals surface area contributed by atoms with Crippen LogP contribution in [0.25, 0.3) is 0 Å². The van der Waals surface area contributed by atoms with E-state index in [-0.39, 0.29) is 24.0 Å². The van der Waals surface area contributed by atoms with E-state index in [2.05, 4.69) is 27.5 Å². The lowest BCUT2D eigenvalue weighted by Gasteiger charge is -2.11. The first kappa shape index (κ1) is 21.5. The molecule has 0 aliphatic rings. The van der Waals surface area contributed by atoms with Gasteiger partial charge in [-0.25, -0.2) is 9.98 Å². The van der Waals surface area contributed by atoms with Crippen LogP contribution in [0.2, 0.25) is 10.0 Å². The number of thiazole rings is 1. The average molecular weight is 499 g/mol. The molecule has 1 aromatic heterocycles. The summed E-state index contributed by atoms with van der Waals surface area (Å²) in [6.45, 7) is 6.19. The van der Waals surface area contributed by atoms with Gasteiger partial charge in [-0.2, -0.15) is 0 Å². The normalized spacial score (nSPS) is 11.1. The van der Waals surface area contributed by atoms with Crippen LogP contribution in [-0.4, -0.2) is 24.0 Å². The topological polar surface area (TPSA) is 49.3 Å². The number of aryl methyl sites for hydroxylation is 1. The fourth-order valence-corrected chi connectivity index (χ4v) is 3.22. The highest BCUT2D eigenvalue weighted by atomic mass is 127. The van der Waals surface area contributed by atoms with Gasteiger partial charge < -0.3 is 10.6 Å². The van der Waals surface area contributed by atoms with Crippen LogP contribution in [0.1, 0.15) is 22.4 Å². The molecule has 0 radical (unpaired) electrons. The highest BCUT2D eigenvalue weighted by Crippen LogP contribution is 2.21. The van der Waals surface area contributed by atoms with Gasteiger partial charge in [-0.1, -0.05) is 29.3 Å². The predicted octanol–water partition coefficient (Wildman–Crippen LogP) is 4.67. The van der Waals surface area contributed by atoms with Crippen molar-refractivity contribution in [1.82, 2.24) is 15.6 Å². The molecule has 1 heterocycles. The Morgan fingerprint density at radius 2 is 2.08 bits per heavy atom. The highest BCUT2D eigenvalue weighted by molar-refractivity contribution is 14.0. The minimum Gasteiger partial charge on any atom is -0.357 e. The maximum absolute atomic E-state index is 6.18. The molecule has 0 amide bonds. The zero-order valence-corrected chi connectivity index (χ0v) is 18.3. The summed E-state index contributed by atoms with van der Waals surface area (Å²) in [7, 11) is 0. The molecular formula is C16H21Cl2IN4S. The Hall–Kier alpha value is -0.570. The Labute approximate surface area is 174 Å². The van der Waals surface area contributed by atoms with Gasteiger partial charge in [0, 0.05) is 40.6 Å². The molecule has 2 N–H and O–H groups in total. The van der Waals surface area contributed by atoms with Crippen LogP contribution < -0.4 is 10.6 Å². The minimum atomic E-state index is 0. The zero-order valence-electron chi connectivity index (χ0n) is 13.6. The molecule has 132 valence electrons. The molecule has 0 aliphatic heterocycles. The highest BCUT2D eigenvalue weighted by Gasteiger charge is 2.03. The minimum absolute atomic E-state index is 0. The molecule has 0 unspecified atom stereocenters. The number of benzene rings is 1. The smallest absolute Gasteiger partial charge is 0.191 e. The molecule has 0 saturated heterocycles. The predicted molar refractivity (Wildman–Crippen MR) is 115 cm³/mol. The van der Waals surface area contributed by atoms with Gasteiger partial charge in [0.1, 0.15) is 0 Å². The molecule has 0 aliphatic carbocycles. The molecule has 2 aromatic rings. The summed E-state index contributed by atoms with van der Waals surface area (Å²) in [5.41, 5.74) is 0.948. The van der Waals surface area contributed by atoms with E-state index < -0.39 is 0 Å². The van der Waals surface area contributed by atoms with Crippen molar-refractivity contribution in [3.8, 4) is 0 Å². The van der Waals surface area contributed by atoms with Crippen LogP contribution in [0.3, 0.4) is 0 Å². The van der Waals surface area contributed by atoms with Gasteiger partial charge in [0.25, 0.3) is 0 Å². The van der Waals surface area contributed by atoms with Crippen molar-refractivity contribution < 1.29 is 0 Å². The number of nitrogens with one attached hydrogen (secondary N) is 2. The molecular weight excluding hydrogens is 478 g/mol. The maximum atomic E-state index is 6.18. The van der Waals surface area contributed by atoms with E-state index in [1.807, 2.05) is 25.3 Å². The third-order valence-electron chi connectivity index (χ3n) is 3.07. The second kappa shape index (κ2) is 11.1. The molecule has 0 atom stereocenters. The third kappa shape index (κ3) is 7.13. The summed E-state index contributed by atoms with van der Waals surface area (Å²) in [6.07, 6.45) is 2.78. The van der Waals surface area contributed by atoms with Crippen molar-refractivity contribution >= 4 is 64.5 Å². The van der Waals surface area contributed by atoms with E-state index in [4.69, 9.17) is 23.2 Å². The summed E-state index contributed by atoms with van der Waals surface area (Å²) in [5.74, 6) is 0.770. The van der Waals surface area contributed by atoms with Gasteiger partial charge in [-0.3, -0.25) is 0 Å². The Bertz CT molecular complexity index is 676. The molecule has 0 spiro atoms. The Morgan fingerprint density at radius 1 is 1.29 bits per heavy atom. The average Bonchev–Trinajstić information content (AvgIpc) is 2.91. The largest absolute Gasteiger partial charge is 0.357 e. The number of hydrogen-bond acceptors (Lipinski definition) is 3. The third-order valence-corrected chi connectivity index (χ3v) is 4.63. The fourth-order valence-electron chi connectivity index (χ4n) is 1.96. The van der Waals surface area contributed by atoms with E-state index in [1.54, 1.807) is 17.4 Å². The van der Waals surface area contributed by atoms with Crippen molar-refractivity contribution in [2.24, 2.45) is 4.99 Å². The van der Waals surface area contributed by atoms with Crippen LogP contribution in [0.5, 0.6) is 0 Å². The number of aliphatic imine (C=N–C) groups is 1. The number of rotatable bonds is 6. The summed E-state index contributed by atoms with van der Waals surface area (Å²) in [4.78, 5) is 10.2. The lowest BCUT2D eigenvalue weighted by molar-refractivity contribution is 0.796. The molecule has 1 aromatic carbocycles. The van der Waals surface area contributed by atoms with Crippen LogP contribution in [0.4, 0.5) is 0 Å². The molecule has 24 heavy (non-hydrogen) atoms. The number of halogens is 3. The number of aromatic nitrogens is 1. The summed E-state index contributed by atoms with van der Waals surface area (Å²) >= 11 is 13.8. The first-order valence-corrected chi connectivity index (χ1v) is 9.03. The Morgan fingerprint density at radius 3 is 2.71 bits per heavy atom. The van der Waals surface area contributed by atoms with Crippen molar-refractivity contribution in [3.05, 3.63) is 49.9 Å². The van der Waals surface area contributed by atoms with Gasteiger partial charge in [0.05, 0.1) is 11.6 Å². The molecule has 0 fully saturated rings. The quantitative estimate of drug-likeness (QED) is 0.345. The monoisotopic (exact) mass is 498 g/mol. The summed E-state index contributed by atoms with van der Waals surface area (Å²) in [5, 5.41) is 8.94. The second-order valence-electron chi connectivity index (χ2n) is 4.97. The van der Waals surface area contributed by atoms with Crippen molar-refractivity contribution in [2.45, 2.75) is 26.8 Å². The maximum Gasteiger partial charge on any atom is 0.191 e. The SMILES string of the molecule is CCNC(=NCc1ccc(Cl)cc1Cl)NCCc1ncc(C)s1.I. The first-order valence-electron chi connectivity index (χ1n) is 7.46. The number of guanidine groups is 1. The Balaban J connectivity index is 0.00000288. The zero-order chi connectivity index (χ0) is 16.7. The number of nitrogens with zero attached hydrogens (tertiary/aromatic N) is 2. The van der Waals surface area contributed by atoms with Crippen LogP contribution in [0.15, 0.2) is 29.4 Å². The number of hydrogen-bond donors (Lipinski definition) is 2. The van der Waals surface area contributed by atoms with Crippen LogP contribution in [0, 0.1) is 6.92 Å². The molecule has 8 heteroatoms. The van der Waals surface area contributed by atoms with E-state index in [9.17, 15) is 0 Å². The molecule has 4 nitrogen and oxygen atoms in total. The van der Waals surface area contributed by atoms with Gasteiger partial charge in [0.2, 0.25) is 0 Å². The van der Waals surface area contributed by atoms with Gasteiger partial charge in [-0.15, -0.1) is 35.3 Å². The van der Waals surface area contributed by atoms with Crippen molar-refractivity contribution in [3.63, 3.8) is 0 Å². The van der Waals surface area contributed by atoms with Gasteiger partial charge in [0.15, 0.2) is 5.96 Å².